The van der Waals surface area contributed by atoms with Gasteiger partial charge in [-0.3, -0.25) is 0 Å². The van der Waals surface area contributed by atoms with Gasteiger partial charge in [-0.25, -0.2) is 0 Å². The molecule has 0 aromatic heterocycles. The summed E-state index contributed by atoms with van der Waals surface area (Å²) in [5.41, 5.74) is 0. The Kier molecular flexibility index (Phi) is 12.6. The molecule has 7 heavy (non-hydrogen) atoms. The molecular weight excluding hydrogens is 86.1 g/mol. The van der Waals surface area contributed by atoms with Crippen molar-refractivity contribution in [2.45, 2.75) is 27.7 Å². The third-order valence-electron chi connectivity index (χ3n) is 0. The van der Waals surface area contributed by atoms with E-state index in [2.05, 4.69) is 20.8 Å². The van der Waals surface area contributed by atoms with Crippen LogP contribution in [0, 0.1) is 17.2 Å². The quantitative estimate of drug-likeness (QED) is 0.456. The summed E-state index contributed by atoms with van der Waals surface area (Å²) in [6, 6.07) is 1.75. The minimum atomic E-state index is 0.833. The van der Waals surface area contributed by atoms with E-state index in [4.69, 9.17) is 5.26 Å². The molecule has 0 aromatic rings. The average molecular weight is 99.2 g/mol. The topological polar surface area (TPSA) is 23.8 Å². The summed E-state index contributed by atoms with van der Waals surface area (Å²) >= 11 is 0. The molecule has 0 heterocycles. The van der Waals surface area contributed by atoms with Crippen LogP contribution in [0.2, 0.25) is 0 Å². The fourth-order valence-corrected chi connectivity index (χ4v) is 0. The Balaban J connectivity index is 0. The summed E-state index contributed by atoms with van der Waals surface area (Å²) in [6.45, 7) is 7.93. The molecule has 1 heteroatoms. The molecule has 42 valence electrons. The molecule has 0 aliphatic heterocycles. The van der Waals surface area contributed by atoms with E-state index in [0.717, 1.165) is 5.92 Å². The minimum absolute atomic E-state index is 0.833. The van der Waals surface area contributed by atoms with Crippen molar-refractivity contribution in [1.29, 1.82) is 5.26 Å². The van der Waals surface area contributed by atoms with E-state index in [0.29, 0.717) is 0 Å². The van der Waals surface area contributed by atoms with Crippen LogP contribution in [0.1, 0.15) is 27.7 Å². The van der Waals surface area contributed by atoms with Crippen LogP contribution in [0.4, 0.5) is 0 Å². The predicted molar refractivity (Wildman–Crippen MR) is 31.8 cm³/mol. The van der Waals surface area contributed by atoms with Gasteiger partial charge >= 0.3 is 0 Å². The van der Waals surface area contributed by atoms with Crippen molar-refractivity contribution >= 4 is 0 Å². The second-order valence-corrected chi connectivity index (χ2v) is 1.96. The Hall–Kier alpha value is -0.510. The lowest BCUT2D eigenvalue weighted by molar-refractivity contribution is 0.737. The Morgan fingerprint density at radius 2 is 1.29 bits per heavy atom. The van der Waals surface area contributed by atoms with Crippen LogP contribution < -0.4 is 0 Å². The zero-order valence-electron chi connectivity index (χ0n) is 5.52. The third kappa shape index (κ3) is 257. The van der Waals surface area contributed by atoms with Gasteiger partial charge in [0.25, 0.3) is 0 Å². The summed E-state index contributed by atoms with van der Waals surface area (Å²) in [6.07, 6.45) is 0. The maximum atomic E-state index is 7.32. The van der Waals surface area contributed by atoms with Gasteiger partial charge in [0.2, 0.25) is 0 Å². The highest BCUT2D eigenvalue weighted by molar-refractivity contribution is 4.51. The maximum Gasteiger partial charge on any atom is 0.0587 e. The Bertz CT molecular complexity index is 46.9. The van der Waals surface area contributed by atoms with Crippen LogP contribution in [0.25, 0.3) is 0 Å². The van der Waals surface area contributed by atoms with Crippen molar-refractivity contribution in [3.63, 3.8) is 0 Å². The van der Waals surface area contributed by atoms with Crippen molar-refractivity contribution in [2.75, 3.05) is 0 Å². The van der Waals surface area contributed by atoms with Gasteiger partial charge in [-0.05, 0) is 5.92 Å². The molecule has 0 rings (SSSR count). The van der Waals surface area contributed by atoms with Gasteiger partial charge in [0.05, 0.1) is 6.07 Å². The SMILES string of the molecule is CC#N.CC(C)C. The highest BCUT2D eigenvalue weighted by Crippen LogP contribution is 1.81. The lowest BCUT2D eigenvalue weighted by atomic mass is 10.3. The molecule has 0 atom stereocenters. The fourth-order valence-electron chi connectivity index (χ4n) is 0. The first-order chi connectivity index (χ1) is 3.15. The van der Waals surface area contributed by atoms with E-state index in [-0.39, 0.29) is 0 Å². The summed E-state index contributed by atoms with van der Waals surface area (Å²) in [7, 11) is 0. The summed E-state index contributed by atoms with van der Waals surface area (Å²) in [5, 5.41) is 7.32. The predicted octanol–water partition coefficient (Wildman–Crippen LogP) is 2.19. The van der Waals surface area contributed by atoms with Gasteiger partial charge in [0.1, 0.15) is 0 Å². The second-order valence-electron chi connectivity index (χ2n) is 1.96. The number of nitrogens with zero attached hydrogens (tertiary/aromatic N) is 1. The molecule has 0 saturated heterocycles. The van der Waals surface area contributed by atoms with Crippen LogP contribution in [0.5, 0.6) is 0 Å². The molecule has 0 radical (unpaired) electrons. The molecule has 0 fully saturated rings. The standard InChI is InChI=1S/C4H10.C2H3N/c1-4(2)3;1-2-3/h4H,1-3H3;1H3. The van der Waals surface area contributed by atoms with Gasteiger partial charge in [0.15, 0.2) is 0 Å². The second kappa shape index (κ2) is 9.09. The first-order valence-electron chi connectivity index (χ1n) is 2.46. The van der Waals surface area contributed by atoms with E-state index in [1.54, 1.807) is 6.07 Å². The molecule has 0 unspecified atom stereocenters. The summed E-state index contributed by atoms with van der Waals surface area (Å²) in [5.74, 6) is 0.833. The van der Waals surface area contributed by atoms with E-state index < -0.39 is 0 Å². The highest BCUT2D eigenvalue weighted by atomic mass is 14.2. The molecular formula is C6H13N. The summed E-state index contributed by atoms with van der Waals surface area (Å²) in [4.78, 5) is 0. The summed E-state index contributed by atoms with van der Waals surface area (Å²) < 4.78 is 0. The van der Waals surface area contributed by atoms with E-state index in [1.165, 1.54) is 6.92 Å². The number of nitriles is 1. The van der Waals surface area contributed by atoms with Crippen molar-refractivity contribution < 1.29 is 0 Å². The molecule has 0 aliphatic rings. The Morgan fingerprint density at radius 1 is 1.29 bits per heavy atom. The van der Waals surface area contributed by atoms with Crippen molar-refractivity contribution in [3.05, 3.63) is 0 Å². The fraction of sp³-hybridized carbons (Fsp3) is 0.833. The number of rotatable bonds is 0. The van der Waals surface area contributed by atoms with Crippen LogP contribution in [-0.4, -0.2) is 0 Å². The number of hydrogen-bond donors (Lipinski definition) is 0. The Labute approximate surface area is 46.0 Å². The van der Waals surface area contributed by atoms with Crippen molar-refractivity contribution in [2.24, 2.45) is 5.92 Å². The maximum absolute atomic E-state index is 7.32. The van der Waals surface area contributed by atoms with Crippen LogP contribution in [-0.2, 0) is 0 Å². The normalized spacial score (nSPS) is 6.29. The van der Waals surface area contributed by atoms with Crippen LogP contribution in [0.3, 0.4) is 0 Å². The largest absolute Gasteiger partial charge is 0.199 e. The lowest BCUT2D eigenvalue weighted by Gasteiger charge is -1.79. The lowest BCUT2D eigenvalue weighted by Crippen LogP contribution is -1.66. The molecule has 0 bridgehead atoms. The molecule has 0 aromatic carbocycles. The molecule has 0 saturated carbocycles. The Morgan fingerprint density at radius 3 is 1.29 bits per heavy atom. The average Bonchev–Trinajstić information content (AvgIpc) is 1.33. The van der Waals surface area contributed by atoms with Gasteiger partial charge in [0, 0.05) is 6.92 Å². The molecule has 0 aliphatic carbocycles. The molecule has 0 amide bonds. The minimum Gasteiger partial charge on any atom is -0.199 e. The zero-order valence-corrected chi connectivity index (χ0v) is 5.52. The first-order valence-corrected chi connectivity index (χ1v) is 2.46. The van der Waals surface area contributed by atoms with Crippen LogP contribution in [0.15, 0.2) is 0 Å². The van der Waals surface area contributed by atoms with Crippen molar-refractivity contribution in [1.82, 2.24) is 0 Å². The first kappa shape index (κ1) is 9.70. The van der Waals surface area contributed by atoms with E-state index >= 15 is 0 Å². The third-order valence-corrected chi connectivity index (χ3v) is 0. The van der Waals surface area contributed by atoms with Crippen LogP contribution >= 0.6 is 0 Å². The van der Waals surface area contributed by atoms with Gasteiger partial charge in [-0.1, -0.05) is 20.8 Å². The molecule has 0 N–H and O–H groups in total. The number of hydrogen-bond acceptors (Lipinski definition) is 1. The van der Waals surface area contributed by atoms with Crippen molar-refractivity contribution in [3.8, 4) is 6.07 Å². The molecule has 1 nitrogen and oxygen atoms in total. The van der Waals surface area contributed by atoms with Gasteiger partial charge < -0.3 is 0 Å². The van der Waals surface area contributed by atoms with E-state index in [1.807, 2.05) is 0 Å². The van der Waals surface area contributed by atoms with Gasteiger partial charge in [-0.15, -0.1) is 0 Å². The van der Waals surface area contributed by atoms with E-state index in [9.17, 15) is 0 Å². The molecule has 0 spiro atoms. The van der Waals surface area contributed by atoms with Gasteiger partial charge in [-0.2, -0.15) is 5.26 Å². The smallest absolute Gasteiger partial charge is 0.0587 e. The zero-order chi connectivity index (χ0) is 6.28. The monoisotopic (exact) mass is 99.1 g/mol. The highest BCUT2D eigenvalue weighted by Gasteiger charge is 1.68.